The van der Waals surface area contributed by atoms with Crippen molar-refractivity contribution in [3.8, 4) is 0 Å². The third kappa shape index (κ3) is 2.95. The van der Waals surface area contributed by atoms with Gasteiger partial charge in [0.2, 0.25) is 0 Å². The lowest BCUT2D eigenvalue weighted by Crippen LogP contribution is -2.19. The minimum atomic E-state index is -0.388. The molecule has 0 bridgehead atoms. The van der Waals surface area contributed by atoms with Gasteiger partial charge in [-0.3, -0.25) is 9.59 Å². The molecule has 0 aliphatic carbocycles. The van der Waals surface area contributed by atoms with Gasteiger partial charge in [0, 0.05) is 18.8 Å². The molecule has 0 aliphatic heterocycles. The minimum absolute atomic E-state index is 0.196. The van der Waals surface area contributed by atoms with Crippen molar-refractivity contribution in [2.24, 2.45) is 0 Å². The van der Waals surface area contributed by atoms with Crippen molar-refractivity contribution in [3.05, 3.63) is 57.5 Å². The molecule has 0 radical (unpaired) electrons. The van der Waals surface area contributed by atoms with Crippen LogP contribution in [0.2, 0.25) is 5.02 Å². The van der Waals surface area contributed by atoms with Crippen LogP contribution in [0.3, 0.4) is 0 Å². The summed E-state index contributed by atoms with van der Waals surface area (Å²) in [5, 5.41) is 5.87. The quantitative estimate of drug-likeness (QED) is 0.806. The number of rotatable bonds is 3. The van der Waals surface area contributed by atoms with Gasteiger partial charge in [-0.25, -0.2) is 0 Å². The molecule has 0 fully saturated rings. The predicted molar refractivity (Wildman–Crippen MR) is 76.0 cm³/mol. The number of aromatic amines is 1. The minimum Gasteiger partial charge on any atom is -0.387 e. The van der Waals surface area contributed by atoms with Gasteiger partial charge in [-0.15, -0.1) is 0 Å². The number of amides is 1. The van der Waals surface area contributed by atoms with Crippen molar-refractivity contribution in [1.29, 1.82) is 0 Å². The highest BCUT2D eigenvalue weighted by molar-refractivity contribution is 6.33. The van der Waals surface area contributed by atoms with Crippen molar-refractivity contribution in [2.45, 2.75) is 0 Å². The first-order chi connectivity index (χ1) is 9.11. The van der Waals surface area contributed by atoms with Crippen molar-refractivity contribution >= 4 is 28.9 Å². The predicted octanol–water partition coefficient (Wildman–Crippen LogP) is 2.32. The molecule has 0 saturated heterocycles. The van der Waals surface area contributed by atoms with E-state index in [2.05, 4.69) is 15.6 Å². The summed E-state index contributed by atoms with van der Waals surface area (Å²) in [5.74, 6) is -0.388. The summed E-state index contributed by atoms with van der Waals surface area (Å²) in [6, 6.07) is 8.03. The third-order valence-corrected chi connectivity index (χ3v) is 2.88. The van der Waals surface area contributed by atoms with Gasteiger partial charge < -0.3 is 15.6 Å². The standard InChI is InChI=1S/C13H12ClN3O2/c1-15-10-5-4-8(7-9(10)14)12(18)17-11-3-2-6-16-13(11)19/h2-7,15H,1H3,(H,16,19)(H,17,18). The zero-order valence-electron chi connectivity index (χ0n) is 10.2. The number of pyridine rings is 1. The molecule has 6 heteroatoms. The number of carbonyl (C=O) groups is 1. The second kappa shape index (κ2) is 5.58. The second-order valence-corrected chi connectivity index (χ2v) is 4.22. The van der Waals surface area contributed by atoms with Crippen molar-refractivity contribution in [3.63, 3.8) is 0 Å². The van der Waals surface area contributed by atoms with Crippen LogP contribution in [0.4, 0.5) is 11.4 Å². The van der Waals surface area contributed by atoms with Crippen LogP contribution in [0, 0.1) is 0 Å². The smallest absolute Gasteiger partial charge is 0.271 e. The molecule has 0 spiro atoms. The van der Waals surface area contributed by atoms with Gasteiger partial charge in [-0.1, -0.05) is 11.6 Å². The molecule has 1 amide bonds. The normalized spacial score (nSPS) is 10.0. The number of hydrogen-bond donors (Lipinski definition) is 3. The molecule has 0 atom stereocenters. The number of nitrogens with one attached hydrogen (secondary N) is 3. The average molecular weight is 278 g/mol. The number of H-pyrrole nitrogens is 1. The highest BCUT2D eigenvalue weighted by Gasteiger charge is 2.10. The van der Waals surface area contributed by atoms with Crippen LogP contribution in [0.15, 0.2) is 41.3 Å². The van der Waals surface area contributed by atoms with E-state index in [-0.39, 0.29) is 17.2 Å². The van der Waals surface area contributed by atoms with Gasteiger partial charge in [0.25, 0.3) is 11.5 Å². The molecular formula is C13H12ClN3O2. The van der Waals surface area contributed by atoms with Crippen LogP contribution in [0.25, 0.3) is 0 Å². The molecule has 1 aromatic carbocycles. The summed E-state index contributed by atoms with van der Waals surface area (Å²) in [5.41, 5.74) is 0.957. The van der Waals surface area contributed by atoms with E-state index in [0.29, 0.717) is 10.6 Å². The number of aromatic nitrogens is 1. The van der Waals surface area contributed by atoms with Gasteiger partial charge in [-0.2, -0.15) is 0 Å². The summed E-state index contributed by atoms with van der Waals surface area (Å²) >= 11 is 6.00. The first-order valence-electron chi connectivity index (χ1n) is 5.58. The van der Waals surface area contributed by atoms with E-state index in [1.165, 1.54) is 12.3 Å². The largest absolute Gasteiger partial charge is 0.387 e. The van der Waals surface area contributed by atoms with Crippen LogP contribution in [0.1, 0.15) is 10.4 Å². The molecule has 1 heterocycles. The highest BCUT2D eigenvalue weighted by atomic mass is 35.5. The Morgan fingerprint density at radius 2 is 2.05 bits per heavy atom. The van der Waals surface area contributed by atoms with E-state index in [0.717, 1.165) is 5.69 Å². The molecule has 5 nitrogen and oxygen atoms in total. The number of hydrogen-bond acceptors (Lipinski definition) is 3. The Morgan fingerprint density at radius 3 is 2.68 bits per heavy atom. The van der Waals surface area contributed by atoms with Gasteiger partial charge in [-0.05, 0) is 30.3 Å². The van der Waals surface area contributed by atoms with Crippen LogP contribution < -0.4 is 16.2 Å². The maximum atomic E-state index is 12.0. The number of carbonyl (C=O) groups excluding carboxylic acids is 1. The van der Waals surface area contributed by atoms with Crippen molar-refractivity contribution in [2.75, 3.05) is 17.7 Å². The number of halogens is 1. The molecule has 0 saturated carbocycles. The summed E-state index contributed by atoms with van der Waals surface area (Å²) in [6.45, 7) is 0. The molecule has 0 aliphatic rings. The molecule has 1 aromatic heterocycles. The highest BCUT2D eigenvalue weighted by Crippen LogP contribution is 2.22. The lowest BCUT2D eigenvalue weighted by molar-refractivity contribution is 0.102. The van der Waals surface area contributed by atoms with Crippen LogP contribution in [-0.2, 0) is 0 Å². The maximum absolute atomic E-state index is 12.0. The fourth-order valence-corrected chi connectivity index (χ4v) is 1.85. The molecule has 2 rings (SSSR count). The van der Waals surface area contributed by atoms with Gasteiger partial charge in [0.1, 0.15) is 5.69 Å². The van der Waals surface area contributed by atoms with Crippen molar-refractivity contribution < 1.29 is 4.79 Å². The Bertz CT molecular complexity index is 667. The van der Waals surface area contributed by atoms with Crippen molar-refractivity contribution in [1.82, 2.24) is 4.98 Å². The topological polar surface area (TPSA) is 74.0 Å². The SMILES string of the molecule is CNc1ccc(C(=O)Nc2ccc[nH]c2=O)cc1Cl. The summed E-state index contributed by atoms with van der Waals surface area (Å²) in [6.07, 6.45) is 1.50. The van der Waals surface area contributed by atoms with Crippen LogP contribution >= 0.6 is 11.6 Å². The molecule has 0 unspecified atom stereocenters. The van der Waals surface area contributed by atoms with E-state index < -0.39 is 0 Å². The first-order valence-corrected chi connectivity index (χ1v) is 5.96. The molecule has 19 heavy (non-hydrogen) atoms. The Morgan fingerprint density at radius 1 is 1.26 bits per heavy atom. The second-order valence-electron chi connectivity index (χ2n) is 3.81. The Balaban J connectivity index is 2.23. The molecular weight excluding hydrogens is 266 g/mol. The molecule has 2 aromatic rings. The monoisotopic (exact) mass is 277 g/mol. The van der Waals surface area contributed by atoms with E-state index in [9.17, 15) is 9.59 Å². The molecule has 3 N–H and O–H groups in total. The average Bonchev–Trinajstić information content (AvgIpc) is 2.41. The Hall–Kier alpha value is -2.27. The Labute approximate surface area is 114 Å². The summed E-state index contributed by atoms with van der Waals surface area (Å²) < 4.78 is 0. The maximum Gasteiger partial charge on any atom is 0.271 e. The summed E-state index contributed by atoms with van der Waals surface area (Å²) in [4.78, 5) is 25.9. The van der Waals surface area contributed by atoms with Crippen LogP contribution in [-0.4, -0.2) is 17.9 Å². The van der Waals surface area contributed by atoms with Crippen LogP contribution in [0.5, 0.6) is 0 Å². The van der Waals surface area contributed by atoms with Gasteiger partial charge in [0.05, 0.1) is 10.7 Å². The van der Waals surface area contributed by atoms with E-state index in [1.807, 2.05) is 0 Å². The van der Waals surface area contributed by atoms with E-state index in [1.54, 1.807) is 31.3 Å². The number of anilines is 2. The molecule has 98 valence electrons. The van der Waals surface area contributed by atoms with Gasteiger partial charge in [0.15, 0.2) is 0 Å². The fourth-order valence-electron chi connectivity index (χ4n) is 1.57. The van der Waals surface area contributed by atoms with E-state index in [4.69, 9.17) is 11.6 Å². The van der Waals surface area contributed by atoms with E-state index >= 15 is 0 Å². The van der Waals surface area contributed by atoms with Gasteiger partial charge >= 0.3 is 0 Å². The zero-order valence-corrected chi connectivity index (χ0v) is 10.9. The first kappa shape index (κ1) is 13.2. The Kier molecular flexibility index (Phi) is 3.87. The zero-order chi connectivity index (χ0) is 13.8. The fraction of sp³-hybridized carbons (Fsp3) is 0.0769. The number of benzene rings is 1. The summed E-state index contributed by atoms with van der Waals surface area (Å²) in [7, 11) is 1.74. The third-order valence-electron chi connectivity index (χ3n) is 2.57. The lowest BCUT2D eigenvalue weighted by Gasteiger charge is -2.07. The lowest BCUT2D eigenvalue weighted by atomic mass is 10.2.